The first kappa shape index (κ1) is 9.80. The van der Waals surface area contributed by atoms with Crippen LogP contribution >= 0.6 is 0 Å². The minimum Gasteiger partial charge on any atom is -0.177 e. The van der Waals surface area contributed by atoms with Crippen LogP contribution in [0.1, 0.15) is 0 Å². The van der Waals surface area contributed by atoms with Gasteiger partial charge in [0.25, 0.3) is 0 Å². The molecule has 2 rings (SSSR count). The van der Waals surface area contributed by atoms with Crippen molar-refractivity contribution in [1.82, 2.24) is 20.6 Å². The van der Waals surface area contributed by atoms with E-state index < -0.39 is 0 Å². The van der Waals surface area contributed by atoms with Crippen LogP contribution in [-0.2, 0) is 21.8 Å². The number of H-pyrrole nitrogens is 1. The number of benzene rings is 1. The molecule has 0 saturated carbocycles. The summed E-state index contributed by atoms with van der Waals surface area (Å²) in [6.45, 7) is 0. The smallest absolute Gasteiger partial charge is 0.177 e. The molecule has 0 amide bonds. The molecule has 62 valence electrons. The maximum Gasteiger partial charge on any atom is 0.204 e. The van der Waals surface area contributed by atoms with Crippen LogP contribution < -0.4 is 0 Å². The molecule has 6 heteroatoms. The van der Waals surface area contributed by atoms with Gasteiger partial charge in [0.1, 0.15) is 0 Å². The summed E-state index contributed by atoms with van der Waals surface area (Å²) in [5, 5.41) is 13.5. The number of hydrogen-bond donors (Lipinski definition) is 1. The number of nitrogens with one attached hydrogen (secondary N) is 1. The third kappa shape index (κ3) is 2.59. The molecule has 0 spiro atoms. The van der Waals surface area contributed by atoms with Crippen molar-refractivity contribution in [2.24, 2.45) is 0 Å². The number of aromatic amines is 1. The number of rotatable bonds is 1. The van der Waals surface area contributed by atoms with E-state index in [1.165, 1.54) is 0 Å². The molecule has 5 nitrogen and oxygen atoms in total. The van der Waals surface area contributed by atoms with E-state index in [2.05, 4.69) is 20.6 Å². The van der Waals surface area contributed by atoms with Gasteiger partial charge >= 0.3 is 21.8 Å². The van der Waals surface area contributed by atoms with Crippen LogP contribution in [0.2, 0.25) is 0 Å². The zero-order valence-corrected chi connectivity index (χ0v) is 9.81. The minimum atomic E-state index is 0.125. The van der Waals surface area contributed by atoms with Crippen molar-refractivity contribution >= 4 is 0 Å². The van der Waals surface area contributed by atoms with Gasteiger partial charge in [0.2, 0.25) is 5.82 Å². The maximum atomic E-state index is 8.38. The standard InChI is InChI=1S/C7H6N4.O.Zn/c1-2-4-6(5-3-1)7-8-10-11-9-7;;/h1-5H,(H,8,9,10,11);;. The number of nitrogens with zero attached hydrogens (tertiary/aromatic N) is 3. The van der Waals surface area contributed by atoms with Crippen molar-refractivity contribution in [3.05, 3.63) is 30.3 Å². The van der Waals surface area contributed by atoms with Gasteiger partial charge in [-0.15, -0.1) is 10.2 Å². The van der Waals surface area contributed by atoms with Gasteiger partial charge in [-0.1, -0.05) is 30.3 Å². The summed E-state index contributed by atoms with van der Waals surface area (Å²) in [7, 11) is 0. The van der Waals surface area contributed by atoms with Crippen LogP contribution in [0, 0.1) is 0 Å². The molecule has 0 unspecified atom stereocenters. The Balaban J connectivity index is 0.000000396. The van der Waals surface area contributed by atoms with Crippen molar-refractivity contribution in [2.45, 2.75) is 0 Å². The Hall–Kier alpha value is -1.29. The van der Waals surface area contributed by atoms with E-state index in [4.69, 9.17) is 3.57 Å². The monoisotopic (exact) mass is 226 g/mol. The molecule has 2 aromatic rings. The maximum absolute atomic E-state index is 8.38. The second-order valence-electron chi connectivity index (χ2n) is 2.10. The molecule has 0 atom stereocenters. The van der Waals surface area contributed by atoms with E-state index in [0.717, 1.165) is 5.56 Å². The van der Waals surface area contributed by atoms with Gasteiger partial charge in [0, 0.05) is 5.56 Å². The van der Waals surface area contributed by atoms with Crippen LogP contribution in [-0.4, -0.2) is 20.6 Å². The molecule has 0 aliphatic carbocycles. The molecule has 0 aliphatic heterocycles. The molecule has 0 aliphatic rings. The van der Waals surface area contributed by atoms with E-state index in [1.807, 2.05) is 30.3 Å². The summed E-state index contributed by atoms with van der Waals surface area (Å²) < 4.78 is 8.38. The predicted octanol–water partition coefficient (Wildman–Crippen LogP) is 0.745. The second kappa shape index (κ2) is 5.37. The molecule has 1 N–H and O–H groups in total. The number of aromatic nitrogens is 4. The molecule has 0 bridgehead atoms. The van der Waals surface area contributed by atoms with Crippen molar-refractivity contribution in [3.63, 3.8) is 0 Å². The van der Waals surface area contributed by atoms with Crippen molar-refractivity contribution in [1.29, 1.82) is 0 Å². The van der Waals surface area contributed by atoms with Gasteiger partial charge in [-0.2, -0.15) is 5.21 Å². The zero-order valence-electron chi connectivity index (χ0n) is 6.84. The number of hydrogen-bond acceptors (Lipinski definition) is 4. The fraction of sp³-hybridized carbons (Fsp3) is 0. The molecule has 1 heterocycles. The van der Waals surface area contributed by atoms with Gasteiger partial charge < -0.3 is 0 Å². The summed E-state index contributed by atoms with van der Waals surface area (Å²) in [5.41, 5.74) is 0.973. The quantitative estimate of drug-likeness (QED) is 0.730. The van der Waals surface area contributed by atoms with Gasteiger partial charge in [-0.25, -0.2) is 0 Å². The Bertz CT molecular complexity index is 337. The fourth-order valence-corrected chi connectivity index (χ4v) is 0.871. The van der Waals surface area contributed by atoms with Crippen molar-refractivity contribution in [2.75, 3.05) is 0 Å². The third-order valence-corrected chi connectivity index (χ3v) is 1.38. The van der Waals surface area contributed by atoms with Crippen LogP contribution in [0.3, 0.4) is 0 Å². The zero-order chi connectivity index (χ0) is 9.52. The topological polar surface area (TPSA) is 71.5 Å². The van der Waals surface area contributed by atoms with Gasteiger partial charge in [-0.3, -0.25) is 0 Å². The van der Waals surface area contributed by atoms with Crippen LogP contribution in [0.4, 0.5) is 0 Å². The average Bonchev–Trinajstić information content (AvgIpc) is 2.75. The Morgan fingerprint density at radius 1 is 1.15 bits per heavy atom. The third-order valence-electron chi connectivity index (χ3n) is 1.38. The molecule has 0 fully saturated rings. The average molecular weight is 228 g/mol. The van der Waals surface area contributed by atoms with Crippen molar-refractivity contribution < 1.29 is 21.8 Å². The van der Waals surface area contributed by atoms with Crippen LogP contribution in [0.25, 0.3) is 11.4 Å². The van der Waals surface area contributed by atoms with Gasteiger partial charge in [0.15, 0.2) is 0 Å². The largest absolute Gasteiger partial charge is 0.204 e. The first-order valence-corrected chi connectivity index (χ1v) is 4.76. The van der Waals surface area contributed by atoms with E-state index in [9.17, 15) is 0 Å². The van der Waals surface area contributed by atoms with Gasteiger partial charge in [0.05, 0.1) is 0 Å². The fourth-order valence-electron chi connectivity index (χ4n) is 0.871. The van der Waals surface area contributed by atoms with E-state index in [-0.39, 0.29) is 18.3 Å². The summed E-state index contributed by atoms with van der Waals surface area (Å²) in [6.07, 6.45) is 0. The molecular weight excluding hydrogens is 221 g/mol. The number of tetrazole rings is 1. The molecule has 0 saturated heterocycles. The Labute approximate surface area is 84.5 Å². The Kier molecular flexibility index (Phi) is 4.05. The SMILES string of the molecule is [O]=[Zn].c1ccc(-c2nn[nH]n2)cc1. The van der Waals surface area contributed by atoms with Crippen LogP contribution in [0.5, 0.6) is 0 Å². The summed E-state index contributed by atoms with van der Waals surface area (Å²) in [6, 6.07) is 9.69. The van der Waals surface area contributed by atoms with Gasteiger partial charge in [-0.05, 0) is 5.21 Å². The molecular formula is C7H6N4OZn. The summed E-state index contributed by atoms with van der Waals surface area (Å²) in [4.78, 5) is 0. The van der Waals surface area contributed by atoms with Crippen LogP contribution in [0.15, 0.2) is 30.3 Å². The Morgan fingerprint density at radius 3 is 2.38 bits per heavy atom. The molecule has 13 heavy (non-hydrogen) atoms. The normalized spacial score (nSPS) is 8.77. The van der Waals surface area contributed by atoms with Crippen molar-refractivity contribution in [3.8, 4) is 11.4 Å². The summed E-state index contributed by atoms with van der Waals surface area (Å²) in [5.74, 6) is 0.630. The summed E-state index contributed by atoms with van der Waals surface area (Å²) >= 11 is 0.125. The molecule has 1 aromatic carbocycles. The predicted molar refractivity (Wildman–Crippen MR) is 40.3 cm³/mol. The first-order chi connectivity index (χ1) is 6.47. The second-order valence-corrected chi connectivity index (χ2v) is 2.10. The molecule has 0 radical (unpaired) electrons. The first-order valence-electron chi connectivity index (χ1n) is 3.54. The minimum absolute atomic E-state index is 0.125. The molecule has 1 aromatic heterocycles. The van der Waals surface area contributed by atoms with E-state index in [1.54, 1.807) is 0 Å². The Morgan fingerprint density at radius 2 is 1.85 bits per heavy atom. The van der Waals surface area contributed by atoms with E-state index >= 15 is 0 Å². The van der Waals surface area contributed by atoms with E-state index in [0.29, 0.717) is 5.82 Å².